The van der Waals surface area contributed by atoms with Gasteiger partial charge in [-0.1, -0.05) is 6.58 Å². The van der Waals surface area contributed by atoms with Crippen molar-refractivity contribution in [3.05, 3.63) is 12.8 Å². The van der Waals surface area contributed by atoms with Gasteiger partial charge in [0.1, 0.15) is 9.76 Å². The van der Waals surface area contributed by atoms with Gasteiger partial charge in [-0.2, -0.15) is 0 Å². The van der Waals surface area contributed by atoms with Crippen molar-refractivity contribution >= 4 is 18.1 Å². The van der Waals surface area contributed by atoms with E-state index in [1.54, 1.807) is 0 Å². The fourth-order valence-corrected chi connectivity index (χ4v) is 4.18. The lowest BCUT2D eigenvalue weighted by Gasteiger charge is -2.17. The molecule has 0 amide bonds. The van der Waals surface area contributed by atoms with Crippen LogP contribution in [0.2, 0.25) is 25.7 Å². The zero-order valence-corrected chi connectivity index (χ0v) is 10.8. The summed E-state index contributed by atoms with van der Waals surface area (Å²) in [5.41, 5.74) is 0. The van der Waals surface area contributed by atoms with Crippen LogP contribution in [0.25, 0.3) is 0 Å². The molecule has 0 saturated heterocycles. The zero-order chi connectivity index (χ0) is 9.45. The minimum absolute atomic E-state index is 0.273. The molecule has 0 N–H and O–H groups in total. The summed E-state index contributed by atoms with van der Waals surface area (Å²) in [6, 6.07) is 1.22. The van der Waals surface area contributed by atoms with Crippen LogP contribution in [0.3, 0.4) is 0 Å². The molecule has 0 aromatic carbocycles. The van der Waals surface area contributed by atoms with Crippen LogP contribution in [0.15, 0.2) is 12.8 Å². The second-order valence-corrected chi connectivity index (χ2v) is 10.2. The van der Waals surface area contributed by atoms with Gasteiger partial charge in [-0.25, -0.2) is 0 Å². The molecule has 0 unspecified atom stereocenters. The summed E-state index contributed by atoms with van der Waals surface area (Å²) in [5.74, 6) is 0. The molecule has 0 radical (unpaired) electrons. The van der Waals surface area contributed by atoms with E-state index in [0.29, 0.717) is 0 Å². The third kappa shape index (κ3) is 9.93. The van der Waals surface area contributed by atoms with Crippen molar-refractivity contribution in [3.63, 3.8) is 0 Å². The van der Waals surface area contributed by atoms with Gasteiger partial charge in [-0.15, -0.1) is 0 Å². The second-order valence-electron chi connectivity index (χ2n) is 3.71. The lowest BCUT2D eigenvalue weighted by molar-refractivity contribution is 0.250. The van der Waals surface area contributed by atoms with E-state index in [-0.39, 0.29) is 9.76 Å². The predicted octanol–water partition coefficient (Wildman–Crippen LogP) is 1.89. The molecule has 0 bridgehead atoms. The van der Waals surface area contributed by atoms with Crippen LogP contribution in [0.5, 0.6) is 0 Å². The minimum atomic E-state index is -1.22. The van der Waals surface area contributed by atoms with Gasteiger partial charge in [0.2, 0.25) is 0 Å². The minimum Gasteiger partial charge on any atom is -0.502 e. The van der Waals surface area contributed by atoms with Gasteiger partial charge in [0.05, 0.1) is 12.9 Å². The fourth-order valence-electron chi connectivity index (χ4n) is 0.749. The van der Waals surface area contributed by atoms with Gasteiger partial charge in [0, 0.05) is 0 Å². The Hall–Kier alpha value is -0.0662. The van der Waals surface area contributed by atoms with Crippen molar-refractivity contribution in [3.8, 4) is 0 Å². The van der Waals surface area contributed by atoms with Crippen LogP contribution >= 0.6 is 0 Å². The smallest absolute Gasteiger partial charge is 0.169 e. The molecule has 0 heterocycles. The van der Waals surface area contributed by atoms with E-state index in [2.05, 4.69) is 26.2 Å². The van der Waals surface area contributed by atoms with Crippen molar-refractivity contribution in [2.45, 2.75) is 32.1 Å². The summed E-state index contributed by atoms with van der Waals surface area (Å²) < 4.78 is 10.8. The van der Waals surface area contributed by atoms with Gasteiger partial charge in [0.25, 0.3) is 0 Å². The molecule has 0 spiro atoms. The molecule has 0 aliphatic carbocycles. The highest BCUT2D eigenvalue weighted by atomic mass is 28.4. The standard InChI is InChI=1S/C8H20O2Si2/c1-5-9-7-6-8-11-10-12(2,3)4/h5H,1,6-8,11H2,2-4H3. The molecule has 0 aliphatic rings. The molecule has 0 aliphatic heterocycles. The van der Waals surface area contributed by atoms with Crippen molar-refractivity contribution in [2.24, 2.45) is 0 Å². The molecule has 12 heavy (non-hydrogen) atoms. The quantitative estimate of drug-likeness (QED) is 0.358. The Bertz CT molecular complexity index is 121. The SMILES string of the molecule is C=COCCC[SiH2]O[Si](C)(C)C. The van der Waals surface area contributed by atoms with E-state index in [4.69, 9.17) is 8.85 Å². The normalized spacial score (nSPS) is 12.2. The first-order valence-electron chi connectivity index (χ1n) is 4.43. The summed E-state index contributed by atoms with van der Waals surface area (Å²) in [5, 5.41) is 0. The summed E-state index contributed by atoms with van der Waals surface area (Å²) >= 11 is 0. The first-order valence-corrected chi connectivity index (χ1v) is 9.41. The Morgan fingerprint density at radius 2 is 2.08 bits per heavy atom. The van der Waals surface area contributed by atoms with Gasteiger partial charge in [-0.3, -0.25) is 0 Å². The molecule has 0 rings (SSSR count). The Balaban J connectivity index is 3.06. The Morgan fingerprint density at radius 3 is 2.58 bits per heavy atom. The fraction of sp³-hybridized carbons (Fsp3) is 0.750. The van der Waals surface area contributed by atoms with E-state index in [9.17, 15) is 0 Å². The van der Waals surface area contributed by atoms with Crippen LogP contribution in [-0.4, -0.2) is 24.7 Å². The summed E-state index contributed by atoms with van der Waals surface area (Å²) in [6.07, 6.45) is 2.61. The van der Waals surface area contributed by atoms with Crippen molar-refractivity contribution in [2.75, 3.05) is 6.61 Å². The third-order valence-electron chi connectivity index (χ3n) is 1.31. The average molecular weight is 204 g/mol. The van der Waals surface area contributed by atoms with Gasteiger partial charge in [-0.05, 0) is 32.1 Å². The number of rotatable bonds is 7. The van der Waals surface area contributed by atoms with Gasteiger partial charge in [0.15, 0.2) is 8.32 Å². The number of hydrogen-bond acceptors (Lipinski definition) is 2. The molecule has 0 saturated carbocycles. The van der Waals surface area contributed by atoms with E-state index < -0.39 is 8.32 Å². The van der Waals surface area contributed by atoms with Gasteiger partial charge < -0.3 is 8.85 Å². The lowest BCUT2D eigenvalue weighted by Crippen LogP contribution is -2.27. The average Bonchev–Trinajstić information content (AvgIpc) is 1.94. The molecule has 0 aromatic rings. The molecule has 0 aromatic heterocycles. The highest BCUT2D eigenvalue weighted by Gasteiger charge is 2.12. The molecule has 72 valence electrons. The second kappa shape index (κ2) is 6.45. The topological polar surface area (TPSA) is 18.5 Å². The summed E-state index contributed by atoms with van der Waals surface area (Å²) in [7, 11) is -1.50. The van der Waals surface area contributed by atoms with E-state index in [1.165, 1.54) is 12.3 Å². The molecular formula is C8H20O2Si2. The Morgan fingerprint density at radius 1 is 1.42 bits per heavy atom. The molecular weight excluding hydrogens is 184 g/mol. The Labute approximate surface area is 79.0 Å². The Kier molecular flexibility index (Phi) is 6.41. The molecule has 4 heteroatoms. The van der Waals surface area contributed by atoms with Crippen LogP contribution < -0.4 is 0 Å². The van der Waals surface area contributed by atoms with Crippen molar-refractivity contribution in [1.82, 2.24) is 0 Å². The predicted molar refractivity (Wildman–Crippen MR) is 58.5 cm³/mol. The molecule has 2 nitrogen and oxygen atoms in total. The van der Waals surface area contributed by atoms with Crippen LogP contribution in [0.1, 0.15) is 6.42 Å². The van der Waals surface area contributed by atoms with Crippen molar-refractivity contribution < 1.29 is 8.85 Å². The first-order chi connectivity index (χ1) is 5.56. The highest BCUT2D eigenvalue weighted by Crippen LogP contribution is 2.02. The maximum atomic E-state index is 5.81. The summed E-state index contributed by atoms with van der Waals surface area (Å²) in [4.78, 5) is 0. The summed E-state index contributed by atoms with van der Waals surface area (Å²) in [6.45, 7) is 11.0. The number of ether oxygens (including phenoxy) is 1. The van der Waals surface area contributed by atoms with Crippen LogP contribution in [0.4, 0.5) is 0 Å². The highest BCUT2D eigenvalue weighted by molar-refractivity contribution is 6.73. The monoisotopic (exact) mass is 204 g/mol. The van der Waals surface area contributed by atoms with E-state index in [0.717, 1.165) is 13.0 Å². The molecule has 0 fully saturated rings. The van der Waals surface area contributed by atoms with Gasteiger partial charge >= 0.3 is 0 Å². The van der Waals surface area contributed by atoms with Crippen LogP contribution in [0, 0.1) is 0 Å². The van der Waals surface area contributed by atoms with E-state index in [1.807, 2.05) is 0 Å². The maximum absolute atomic E-state index is 5.81. The van der Waals surface area contributed by atoms with Crippen molar-refractivity contribution in [1.29, 1.82) is 0 Å². The lowest BCUT2D eigenvalue weighted by atomic mass is 10.5. The largest absolute Gasteiger partial charge is 0.502 e. The first kappa shape index (κ1) is 11.9. The maximum Gasteiger partial charge on any atom is 0.169 e. The third-order valence-corrected chi connectivity index (χ3v) is 6.38. The zero-order valence-electron chi connectivity index (χ0n) is 8.43. The van der Waals surface area contributed by atoms with E-state index >= 15 is 0 Å². The number of hydrogen-bond donors (Lipinski definition) is 0. The van der Waals surface area contributed by atoms with Crippen LogP contribution in [-0.2, 0) is 8.85 Å². The molecule has 0 atom stereocenters.